The van der Waals surface area contributed by atoms with Gasteiger partial charge in [-0.05, 0) is 76.3 Å². The summed E-state index contributed by atoms with van der Waals surface area (Å²) in [5.41, 5.74) is 6.86. The quantitative estimate of drug-likeness (QED) is 0.576. The molecule has 2 aromatic heterocycles. The molecule has 1 fully saturated rings. The van der Waals surface area contributed by atoms with E-state index < -0.39 is 0 Å². The molecule has 0 unspecified atom stereocenters. The van der Waals surface area contributed by atoms with Crippen LogP contribution in [-0.2, 0) is 0 Å². The van der Waals surface area contributed by atoms with Crippen molar-refractivity contribution in [3.63, 3.8) is 0 Å². The second-order valence-corrected chi connectivity index (χ2v) is 9.55. The molecule has 0 spiro atoms. The second-order valence-electron chi connectivity index (χ2n) is 9.55. The number of aliphatic hydroxyl groups is 1. The van der Waals surface area contributed by atoms with Gasteiger partial charge in [-0.1, -0.05) is 6.08 Å². The Morgan fingerprint density at radius 3 is 2.71 bits per heavy atom. The van der Waals surface area contributed by atoms with E-state index in [9.17, 15) is 10.4 Å². The Morgan fingerprint density at radius 2 is 1.97 bits per heavy atom. The van der Waals surface area contributed by atoms with Crippen LogP contribution < -0.4 is 5.32 Å². The summed E-state index contributed by atoms with van der Waals surface area (Å²) in [4.78, 5) is 4.70. The fourth-order valence-corrected chi connectivity index (χ4v) is 4.92. The number of nitrogens with zero attached hydrogens (tertiary/aromatic N) is 3. The number of nitrogens with one attached hydrogen (secondary N) is 1. The van der Waals surface area contributed by atoms with E-state index in [2.05, 4.69) is 60.3 Å². The minimum Gasteiger partial charge on any atom is -0.393 e. The van der Waals surface area contributed by atoms with Crippen LogP contribution in [0.1, 0.15) is 62.4 Å². The summed E-state index contributed by atoms with van der Waals surface area (Å²) >= 11 is 0. The average Bonchev–Trinajstić information content (AvgIpc) is 3.10. The molecule has 31 heavy (non-hydrogen) atoms. The minimum absolute atomic E-state index is 0.116. The molecule has 2 N–H and O–H groups in total. The summed E-state index contributed by atoms with van der Waals surface area (Å²) < 4.78 is 2.36. The van der Waals surface area contributed by atoms with Crippen LogP contribution in [0.2, 0.25) is 0 Å². The number of anilines is 1. The fourth-order valence-electron chi connectivity index (χ4n) is 4.92. The molecule has 5 rings (SSSR count). The summed E-state index contributed by atoms with van der Waals surface area (Å²) in [7, 11) is 0. The first kappa shape index (κ1) is 19.8. The van der Waals surface area contributed by atoms with Crippen molar-refractivity contribution >= 4 is 22.7 Å². The predicted molar refractivity (Wildman–Crippen MR) is 125 cm³/mol. The summed E-state index contributed by atoms with van der Waals surface area (Å²) in [5.74, 6) is 0. The Balaban J connectivity index is 1.67. The van der Waals surface area contributed by atoms with Gasteiger partial charge < -0.3 is 15.0 Å². The largest absolute Gasteiger partial charge is 0.393 e. The van der Waals surface area contributed by atoms with Crippen molar-refractivity contribution in [1.29, 1.82) is 5.26 Å². The van der Waals surface area contributed by atoms with Gasteiger partial charge in [0.15, 0.2) is 0 Å². The maximum Gasteiger partial charge on any atom is 0.0994 e. The molecule has 1 aliphatic heterocycles. The van der Waals surface area contributed by atoms with Crippen molar-refractivity contribution in [2.75, 3.05) is 5.32 Å². The molecule has 5 nitrogen and oxygen atoms in total. The molecule has 158 valence electrons. The number of hydrogen-bond donors (Lipinski definition) is 2. The van der Waals surface area contributed by atoms with Gasteiger partial charge in [0.25, 0.3) is 0 Å². The van der Waals surface area contributed by atoms with Crippen molar-refractivity contribution in [3.8, 4) is 17.2 Å². The maximum atomic E-state index is 9.97. The number of nitriles is 1. The summed E-state index contributed by atoms with van der Waals surface area (Å²) in [6.07, 6.45) is 11.8. The van der Waals surface area contributed by atoms with E-state index in [-0.39, 0.29) is 11.6 Å². The third kappa shape index (κ3) is 3.51. The molecule has 0 radical (unpaired) electrons. The van der Waals surface area contributed by atoms with Gasteiger partial charge in [0.2, 0.25) is 0 Å². The number of aromatic nitrogens is 2. The number of benzene rings is 1. The summed E-state index contributed by atoms with van der Waals surface area (Å²) in [6, 6.07) is 9.03. The zero-order valence-corrected chi connectivity index (χ0v) is 18.3. The van der Waals surface area contributed by atoms with Crippen LogP contribution in [0, 0.1) is 18.3 Å². The van der Waals surface area contributed by atoms with Crippen LogP contribution in [-0.4, -0.2) is 26.3 Å². The lowest BCUT2D eigenvalue weighted by molar-refractivity contribution is 0.111. The van der Waals surface area contributed by atoms with E-state index in [1.165, 1.54) is 0 Å². The van der Waals surface area contributed by atoms with Gasteiger partial charge in [0.05, 0.1) is 34.7 Å². The first-order chi connectivity index (χ1) is 14.8. The van der Waals surface area contributed by atoms with Crippen LogP contribution in [0.3, 0.4) is 0 Å². The second kappa shape index (κ2) is 7.25. The zero-order chi connectivity index (χ0) is 21.8. The van der Waals surface area contributed by atoms with E-state index in [4.69, 9.17) is 4.98 Å². The van der Waals surface area contributed by atoms with E-state index in [0.717, 1.165) is 64.7 Å². The fraction of sp³-hybridized carbons (Fsp3) is 0.385. The molecule has 1 aromatic carbocycles. The standard InChI is InChI=1S/C26H28N4O/c1-16-10-25-21(11-17(16)13-27)22(15-30(25)19-4-6-20(31)7-5-19)18-12-24-23(28-14-18)8-9-26(2,3)29-24/h8-12,14-15,19-20,29,31H,4-7H2,1-3H3/t19-,20-. The third-order valence-electron chi connectivity index (χ3n) is 6.70. The highest BCUT2D eigenvalue weighted by Gasteiger charge is 2.25. The topological polar surface area (TPSA) is 73.9 Å². The first-order valence-corrected chi connectivity index (χ1v) is 11.1. The lowest BCUT2D eigenvalue weighted by Gasteiger charge is -2.28. The lowest BCUT2D eigenvalue weighted by Crippen LogP contribution is -2.30. The highest BCUT2D eigenvalue weighted by molar-refractivity contribution is 5.98. The highest BCUT2D eigenvalue weighted by Crippen LogP contribution is 2.39. The minimum atomic E-state index is -0.184. The zero-order valence-electron chi connectivity index (χ0n) is 18.3. The molecule has 1 aliphatic carbocycles. The molecule has 0 bridgehead atoms. The Bertz CT molecular complexity index is 1240. The van der Waals surface area contributed by atoms with Crippen LogP contribution in [0.4, 0.5) is 5.69 Å². The monoisotopic (exact) mass is 412 g/mol. The van der Waals surface area contributed by atoms with E-state index >= 15 is 0 Å². The number of rotatable bonds is 2. The van der Waals surface area contributed by atoms with Crippen molar-refractivity contribution in [2.45, 2.75) is 64.1 Å². The number of pyridine rings is 1. The lowest BCUT2D eigenvalue weighted by atomic mass is 9.93. The normalized spacial score (nSPS) is 22.0. The number of fused-ring (bicyclic) bond motifs is 2. The van der Waals surface area contributed by atoms with Crippen LogP contribution in [0.5, 0.6) is 0 Å². The molecule has 0 amide bonds. The molecule has 0 saturated heterocycles. The van der Waals surface area contributed by atoms with Gasteiger partial charge in [-0.15, -0.1) is 0 Å². The van der Waals surface area contributed by atoms with Gasteiger partial charge in [-0.25, -0.2) is 0 Å². The molecular formula is C26H28N4O. The Morgan fingerprint density at radius 1 is 1.19 bits per heavy atom. The molecule has 3 heterocycles. The molecule has 2 aliphatic rings. The average molecular weight is 413 g/mol. The van der Waals surface area contributed by atoms with E-state index in [1.807, 2.05) is 19.2 Å². The van der Waals surface area contributed by atoms with Crippen molar-refractivity contribution in [1.82, 2.24) is 9.55 Å². The smallest absolute Gasteiger partial charge is 0.0994 e. The van der Waals surface area contributed by atoms with Gasteiger partial charge in [0.1, 0.15) is 0 Å². The van der Waals surface area contributed by atoms with Crippen molar-refractivity contribution in [2.24, 2.45) is 0 Å². The highest BCUT2D eigenvalue weighted by atomic mass is 16.3. The Hall–Kier alpha value is -3.10. The predicted octanol–water partition coefficient (Wildman–Crippen LogP) is 5.58. The first-order valence-electron chi connectivity index (χ1n) is 11.1. The van der Waals surface area contributed by atoms with Crippen LogP contribution in [0.25, 0.3) is 28.1 Å². The maximum absolute atomic E-state index is 9.97. The summed E-state index contributed by atoms with van der Waals surface area (Å²) in [6.45, 7) is 6.29. The van der Waals surface area contributed by atoms with Gasteiger partial charge in [-0.2, -0.15) is 5.26 Å². The van der Waals surface area contributed by atoms with Crippen molar-refractivity contribution < 1.29 is 5.11 Å². The Kier molecular flexibility index (Phi) is 4.64. The van der Waals surface area contributed by atoms with Gasteiger partial charge in [-0.3, -0.25) is 4.98 Å². The van der Waals surface area contributed by atoms with Gasteiger partial charge in [0, 0.05) is 40.5 Å². The molecule has 3 aromatic rings. The van der Waals surface area contributed by atoms with E-state index in [1.54, 1.807) is 0 Å². The van der Waals surface area contributed by atoms with Crippen molar-refractivity contribution in [3.05, 3.63) is 53.5 Å². The SMILES string of the molecule is Cc1cc2c(cc1C#N)c(-c1cnc3c(c1)NC(C)(C)C=C3)cn2[C@H]1CC[C@H](O)CC1. The van der Waals surface area contributed by atoms with Gasteiger partial charge >= 0.3 is 0 Å². The third-order valence-corrected chi connectivity index (χ3v) is 6.70. The van der Waals surface area contributed by atoms with Crippen LogP contribution in [0.15, 0.2) is 36.7 Å². The number of aryl methyl sites for hydroxylation is 1. The molecule has 0 atom stereocenters. The molecule has 5 heteroatoms. The van der Waals surface area contributed by atoms with Crippen LogP contribution >= 0.6 is 0 Å². The van der Waals surface area contributed by atoms with E-state index in [0.29, 0.717) is 11.6 Å². The molecular weight excluding hydrogens is 384 g/mol. The Labute approximate surface area is 183 Å². The summed E-state index contributed by atoms with van der Waals surface area (Å²) in [5, 5.41) is 24.2. The number of aliphatic hydroxyl groups excluding tert-OH is 1. The molecule has 1 saturated carbocycles. The number of hydrogen-bond acceptors (Lipinski definition) is 4.